The number of carbonyl (C=O) groups is 2. The van der Waals surface area contributed by atoms with E-state index in [2.05, 4.69) is 10.2 Å². The molecule has 2 rings (SSSR count). The van der Waals surface area contributed by atoms with Crippen LogP contribution in [0.15, 0.2) is 30.3 Å². The van der Waals surface area contributed by atoms with Crippen molar-refractivity contribution < 1.29 is 14.3 Å². The van der Waals surface area contributed by atoms with Crippen LogP contribution in [-0.4, -0.2) is 74.1 Å². The van der Waals surface area contributed by atoms with Crippen molar-refractivity contribution in [1.29, 1.82) is 0 Å². The normalized spacial score (nSPS) is 17.3. The van der Waals surface area contributed by atoms with Crippen molar-refractivity contribution in [3.05, 3.63) is 35.9 Å². The maximum absolute atomic E-state index is 12.9. The van der Waals surface area contributed by atoms with Crippen LogP contribution in [0.2, 0.25) is 0 Å². The van der Waals surface area contributed by atoms with Crippen LogP contribution >= 0.6 is 24.8 Å². The van der Waals surface area contributed by atoms with Gasteiger partial charge in [0.15, 0.2) is 0 Å². The Bertz CT molecular complexity index is 623. The van der Waals surface area contributed by atoms with Crippen molar-refractivity contribution in [1.82, 2.24) is 15.1 Å². The summed E-state index contributed by atoms with van der Waals surface area (Å²) < 4.78 is 4.98. The molecule has 2 unspecified atom stereocenters. The Morgan fingerprint density at radius 3 is 2.31 bits per heavy atom. The zero-order valence-electron chi connectivity index (χ0n) is 17.4. The number of piperazine rings is 1. The molecule has 0 bridgehead atoms. The fraction of sp³-hybridized carbons (Fsp3) is 0.600. The molecular weight excluding hydrogens is 415 g/mol. The standard InChI is InChI=1S/C20H32N4O3.2ClH/c1-16(18(25)22-10-7-15-27-3)23-11-13-24(14-12-23)19(26)20(2,21)17-8-5-4-6-9-17;;/h4-6,8-9,16H,7,10-15,21H2,1-3H3,(H,22,25);2*1H. The minimum Gasteiger partial charge on any atom is -0.385 e. The van der Waals surface area contributed by atoms with Gasteiger partial charge < -0.3 is 20.7 Å². The number of hydrogen-bond donors (Lipinski definition) is 2. The number of amides is 2. The van der Waals surface area contributed by atoms with Gasteiger partial charge in [0.1, 0.15) is 5.54 Å². The SMILES string of the molecule is COCCCNC(=O)C(C)N1CCN(C(=O)C(C)(N)c2ccccc2)CC1.Cl.Cl. The molecule has 29 heavy (non-hydrogen) atoms. The Hall–Kier alpha value is -1.38. The molecule has 1 fully saturated rings. The topological polar surface area (TPSA) is 87.9 Å². The highest BCUT2D eigenvalue weighted by Gasteiger charge is 2.36. The maximum atomic E-state index is 12.9. The monoisotopic (exact) mass is 448 g/mol. The summed E-state index contributed by atoms with van der Waals surface area (Å²) in [7, 11) is 1.65. The number of rotatable bonds is 8. The van der Waals surface area contributed by atoms with E-state index in [9.17, 15) is 9.59 Å². The third kappa shape index (κ3) is 7.42. The first-order valence-corrected chi connectivity index (χ1v) is 9.52. The molecule has 1 aliphatic heterocycles. The van der Waals surface area contributed by atoms with Crippen LogP contribution in [0.1, 0.15) is 25.8 Å². The first-order valence-electron chi connectivity index (χ1n) is 9.52. The molecule has 166 valence electrons. The maximum Gasteiger partial charge on any atom is 0.247 e. The molecule has 0 aromatic heterocycles. The van der Waals surface area contributed by atoms with E-state index in [4.69, 9.17) is 10.5 Å². The fourth-order valence-corrected chi connectivity index (χ4v) is 3.29. The first-order chi connectivity index (χ1) is 12.9. The van der Waals surface area contributed by atoms with Crippen molar-refractivity contribution in [2.75, 3.05) is 46.4 Å². The van der Waals surface area contributed by atoms with Crippen LogP contribution in [0.25, 0.3) is 0 Å². The highest BCUT2D eigenvalue weighted by Crippen LogP contribution is 2.21. The summed E-state index contributed by atoms with van der Waals surface area (Å²) in [6.07, 6.45) is 0.797. The minimum absolute atomic E-state index is 0. The Morgan fingerprint density at radius 1 is 1.17 bits per heavy atom. The van der Waals surface area contributed by atoms with E-state index in [-0.39, 0.29) is 42.7 Å². The summed E-state index contributed by atoms with van der Waals surface area (Å²) in [4.78, 5) is 29.1. The second kappa shape index (κ2) is 13.0. The lowest BCUT2D eigenvalue weighted by Gasteiger charge is -2.40. The zero-order valence-corrected chi connectivity index (χ0v) is 19.1. The summed E-state index contributed by atoms with van der Waals surface area (Å²) in [6, 6.07) is 9.22. The van der Waals surface area contributed by atoms with E-state index in [1.54, 1.807) is 18.9 Å². The molecule has 1 aromatic rings. The van der Waals surface area contributed by atoms with Gasteiger partial charge in [0.2, 0.25) is 11.8 Å². The third-order valence-corrected chi connectivity index (χ3v) is 5.17. The molecule has 1 aromatic carbocycles. The van der Waals surface area contributed by atoms with Crippen LogP contribution in [0.4, 0.5) is 0 Å². The molecule has 7 nitrogen and oxygen atoms in total. The number of nitrogens with one attached hydrogen (secondary N) is 1. The van der Waals surface area contributed by atoms with Crippen LogP contribution in [-0.2, 0) is 19.9 Å². The van der Waals surface area contributed by atoms with E-state index < -0.39 is 5.54 Å². The Morgan fingerprint density at radius 2 is 1.76 bits per heavy atom. The van der Waals surface area contributed by atoms with E-state index in [0.717, 1.165) is 12.0 Å². The number of carbonyl (C=O) groups excluding carboxylic acids is 2. The Kier molecular flexibility index (Phi) is 12.4. The van der Waals surface area contributed by atoms with Gasteiger partial charge in [-0.15, -0.1) is 24.8 Å². The molecule has 2 atom stereocenters. The first kappa shape index (κ1) is 27.6. The van der Waals surface area contributed by atoms with Crippen LogP contribution in [0, 0.1) is 0 Å². The molecule has 9 heteroatoms. The molecule has 2 amide bonds. The summed E-state index contributed by atoms with van der Waals surface area (Å²) in [6.45, 7) is 7.35. The quantitative estimate of drug-likeness (QED) is 0.586. The van der Waals surface area contributed by atoms with Crippen molar-refractivity contribution in [3.63, 3.8) is 0 Å². The highest BCUT2D eigenvalue weighted by molar-refractivity contribution is 5.87. The smallest absolute Gasteiger partial charge is 0.247 e. The van der Waals surface area contributed by atoms with Crippen LogP contribution < -0.4 is 11.1 Å². The predicted octanol–water partition coefficient (Wildman–Crippen LogP) is 1.39. The number of methoxy groups -OCH3 is 1. The molecule has 0 radical (unpaired) electrons. The molecule has 1 heterocycles. The van der Waals surface area contributed by atoms with Gasteiger partial charge in [-0.05, 0) is 25.8 Å². The molecule has 0 saturated carbocycles. The highest BCUT2D eigenvalue weighted by atomic mass is 35.5. The van der Waals surface area contributed by atoms with Crippen molar-refractivity contribution >= 4 is 36.6 Å². The van der Waals surface area contributed by atoms with Crippen LogP contribution in [0.3, 0.4) is 0 Å². The predicted molar refractivity (Wildman–Crippen MR) is 120 cm³/mol. The van der Waals surface area contributed by atoms with Gasteiger partial charge in [-0.2, -0.15) is 0 Å². The summed E-state index contributed by atoms with van der Waals surface area (Å²) in [5.74, 6) is -0.0659. The average molecular weight is 449 g/mol. The number of ether oxygens (including phenoxy) is 1. The van der Waals surface area contributed by atoms with E-state index in [0.29, 0.717) is 39.3 Å². The largest absolute Gasteiger partial charge is 0.385 e. The number of hydrogen-bond acceptors (Lipinski definition) is 5. The summed E-state index contributed by atoms with van der Waals surface area (Å²) in [5.41, 5.74) is 6.11. The summed E-state index contributed by atoms with van der Waals surface area (Å²) >= 11 is 0. The van der Waals surface area contributed by atoms with Gasteiger partial charge in [0.05, 0.1) is 6.04 Å². The Labute approximate surface area is 186 Å². The van der Waals surface area contributed by atoms with Crippen molar-refractivity contribution in [3.8, 4) is 0 Å². The lowest BCUT2D eigenvalue weighted by atomic mass is 9.91. The second-order valence-corrected chi connectivity index (χ2v) is 7.21. The van der Waals surface area contributed by atoms with Gasteiger partial charge in [0, 0.05) is 46.4 Å². The second-order valence-electron chi connectivity index (χ2n) is 7.21. The fourth-order valence-electron chi connectivity index (χ4n) is 3.29. The molecule has 3 N–H and O–H groups in total. The number of halogens is 2. The van der Waals surface area contributed by atoms with Gasteiger partial charge >= 0.3 is 0 Å². The van der Waals surface area contributed by atoms with Crippen LogP contribution in [0.5, 0.6) is 0 Å². The molecule has 0 aliphatic carbocycles. The van der Waals surface area contributed by atoms with Gasteiger partial charge in [0.25, 0.3) is 0 Å². The van der Waals surface area contributed by atoms with Crippen molar-refractivity contribution in [2.24, 2.45) is 5.73 Å². The molecule has 1 saturated heterocycles. The van der Waals surface area contributed by atoms with Gasteiger partial charge in [-0.1, -0.05) is 30.3 Å². The molecule has 0 spiro atoms. The minimum atomic E-state index is -1.05. The van der Waals surface area contributed by atoms with Gasteiger partial charge in [-0.25, -0.2) is 0 Å². The lowest BCUT2D eigenvalue weighted by molar-refractivity contribution is -0.139. The Balaban J connectivity index is 0.00000392. The number of nitrogens with zero attached hydrogens (tertiary/aromatic N) is 2. The lowest BCUT2D eigenvalue weighted by Crippen LogP contribution is -2.59. The third-order valence-electron chi connectivity index (χ3n) is 5.17. The zero-order chi connectivity index (χ0) is 19.9. The van der Waals surface area contributed by atoms with Crippen molar-refractivity contribution in [2.45, 2.75) is 31.8 Å². The molecular formula is C20H34Cl2N4O3. The summed E-state index contributed by atoms with van der Waals surface area (Å²) in [5, 5.41) is 2.93. The van der Waals surface area contributed by atoms with E-state index in [1.165, 1.54) is 0 Å². The van der Waals surface area contributed by atoms with E-state index >= 15 is 0 Å². The average Bonchev–Trinajstić information content (AvgIpc) is 2.70. The number of benzene rings is 1. The number of nitrogens with two attached hydrogens (primary N) is 1. The molecule has 1 aliphatic rings. The van der Waals surface area contributed by atoms with Gasteiger partial charge in [-0.3, -0.25) is 14.5 Å². The van der Waals surface area contributed by atoms with E-state index in [1.807, 2.05) is 37.3 Å².